The number of sulfonamides is 1. The van der Waals surface area contributed by atoms with Gasteiger partial charge in [0.15, 0.2) is 6.61 Å². The number of piperidine rings is 1. The lowest BCUT2D eigenvalue weighted by Gasteiger charge is -2.38. The molecule has 9 heteroatoms. The van der Waals surface area contributed by atoms with Gasteiger partial charge in [0.25, 0.3) is 5.91 Å². The molecule has 3 rings (SSSR count). The van der Waals surface area contributed by atoms with Gasteiger partial charge in [-0.1, -0.05) is 24.4 Å². The average molecular weight is 471 g/mol. The van der Waals surface area contributed by atoms with Crippen LogP contribution in [0.3, 0.4) is 0 Å². The SMILES string of the molecule is C[C@H]1CCC[C@H](C)N1C(=O)COC(=O)c1ccc(Cl)c(S(=O)(=O)N2CCCCCC2)c1. The Morgan fingerprint density at radius 3 is 2.26 bits per heavy atom. The fraction of sp³-hybridized carbons (Fsp3) is 0.636. The van der Waals surface area contributed by atoms with Crippen molar-refractivity contribution in [1.29, 1.82) is 0 Å². The van der Waals surface area contributed by atoms with Crippen LogP contribution in [-0.2, 0) is 19.6 Å². The predicted molar refractivity (Wildman–Crippen MR) is 119 cm³/mol. The number of carbonyl (C=O) groups is 2. The Kier molecular flexibility index (Phi) is 7.99. The maximum Gasteiger partial charge on any atom is 0.338 e. The number of rotatable bonds is 5. The zero-order chi connectivity index (χ0) is 22.6. The van der Waals surface area contributed by atoms with Crippen LogP contribution in [-0.4, -0.2) is 61.3 Å². The summed E-state index contributed by atoms with van der Waals surface area (Å²) < 4.78 is 32.9. The summed E-state index contributed by atoms with van der Waals surface area (Å²) in [6.45, 7) is 4.50. The molecule has 2 heterocycles. The van der Waals surface area contributed by atoms with Crippen molar-refractivity contribution >= 4 is 33.5 Å². The Balaban J connectivity index is 1.71. The van der Waals surface area contributed by atoms with Crippen LogP contribution in [0, 0.1) is 0 Å². The van der Waals surface area contributed by atoms with Crippen LogP contribution in [0.5, 0.6) is 0 Å². The third-order valence-electron chi connectivity index (χ3n) is 6.16. The number of ether oxygens (including phenoxy) is 1. The quantitative estimate of drug-likeness (QED) is 0.610. The lowest BCUT2D eigenvalue weighted by Crippen LogP contribution is -2.49. The minimum atomic E-state index is -3.82. The minimum absolute atomic E-state index is 0.0605. The highest BCUT2D eigenvalue weighted by Gasteiger charge is 2.31. The average Bonchev–Trinajstić information content (AvgIpc) is 3.02. The first-order valence-corrected chi connectivity index (χ1v) is 12.8. The van der Waals surface area contributed by atoms with E-state index in [1.54, 1.807) is 4.90 Å². The molecule has 0 saturated carbocycles. The summed E-state index contributed by atoms with van der Waals surface area (Å²) in [7, 11) is -3.82. The molecule has 0 bridgehead atoms. The summed E-state index contributed by atoms with van der Waals surface area (Å²) in [6.07, 6.45) is 6.52. The van der Waals surface area contributed by atoms with E-state index in [1.807, 2.05) is 13.8 Å². The minimum Gasteiger partial charge on any atom is -0.452 e. The van der Waals surface area contributed by atoms with Crippen LogP contribution in [0.2, 0.25) is 5.02 Å². The second-order valence-corrected chi connectivity index (χ2v) is 10.8. The van der Waals surface area contributed by atoms with E-state index in [4.69, 9.17) is 16.3 Å². The second-order valence-electron chi connectivity index (χ2n) is 8.47. The molecule has 0 unspecified atom stereocenters. The van der Waals surface area contributed by atoms with Gasteiger partial charge < -0.3 is 9.64 Å². The number of hydrogen-bond donors (Lipinski definition) is 0. The van der Waals surface area contributed by atoms with Gasteiger partial charge in [-0.15, -0.1) is 0 Å². The van der Waals surface area contributed by atoms with Crippen molar-refractivity contribution < 1.29 is 22.7 Å². The van der Waals surface area contributed by atoms with Gasteiger partial charge in [-0.25, -0.2) is 13.2 Å². The van der Waals surface area contributed by atoms with Crippen LogP contribution in [0.1, 0.15) is 69.2 Å². The fourth-order valence-corrected chi connectivity index (χ4v) is 6.46. The molecule has 0 radical (unpaired) electrons. The zero-order valence-electron chi connectivity index (χ0n) is 18.2. The number of carbonyl (C=O) groups excluding carboxylic acids is 2. The summed E-state index contributed by atoms with van der Waals surface area (Å²) in [4.78, 5) is 26.8. The lowest BCUT2D eigenvalue weighted by molar-refractivity contribution is -0.140. The normalized spacial score (nSPS) is 23.3. The Hall–Kier alpha value is -1.64. The monoisotopic (exact) mass is 470 g/mol. The van der Waals surface area contributed by atoms with Gasteiger partial charge in [-0.05, 0) is 64.2 Å². The van der Waals surface area contributed by atoms with E-state index in [2.05, 4.69) is 0 Å². The van der Waals surface area contributed by atoms with Gasteiger partial charge in [0.2, 0.25) is 10.0 Å². The predicted octanol–water partition coefficient (Wildman–Crippen LogP) is 3.85. The van der Waals surface area contributed by atoms with Crippen molar-refractivity contribution in [2.45, 2.75) is 75.8 Å². The number of halogens is 1. The molecule has 2 atom stereocenters. The molecule has 1 aromatic rings. The van der Waals surface area contributed by atoms with E-state index in [0.29, 0.717) is 13.1 Å². The van der Waals surface area contributed by atoms with E-state index >= 15 is 0 Å². The first-order valence-electron chi connectivity index (χ1n) is 11.0. The van der Waals surface area contributed by atoms with Crippen LogP contribution >= 0.6 is 11.6 Å². The van der Waals surface area contributed by atoms with E-state index in [1.165, 1.54) is 22.5 Å². The number of likely N-dealkylation sites (tertiary alicyclic amines) is 1. The van der Waals surface area contributed by atoms with Gasteiger partial charge in [-0.3, -0.25) is 4.79 Å². The standard InChI is InChI=1S/C22H31ClN2O5S/c1-16-8-7-9-17(2)25(16)21(26)15-30-22(27)18-10-11-19(23)20(14-18)31(28,29)24-12-5-3-4-6-13-24/h10-11,14,16-17H,3-9,12-13,15H2,1-2H3/t16-,17-/m0/s1. The first-order chi connectivity index (χ1) is 14.7. The Morgan fingerprint density at radius 2 is 1.65 bits per heavy atom. The third kappa shape index (κ3) is 5.59. The maximum absolute atomic E-state index is 13.1. The Morgan fingerprint density at radius 1 is 1.03 bits per heavy atom. The summed E-state index contributed by atoms with van der Waals surface area (Å²) in [5.74, 6) is -0.978. The maximum atomic E-state index is 13.1. The Bertz CT molecular complexity index is 902. The molecule has 2 saturated heterocycles. The van der Waals surface area contributed by atoms with E-state index in [-0.39, 0.29) is 40.1 Å². The van der Waals surface area contributed by atoms with Crippen molar-refractivity contribution in [2.75, 3.05) is 19.7 Å². The number of esters is 1. The molecule has 31 heavy (non-hydrogen) atoms. The molecule has 2 aliphatic rings. The van der Waals surface area contributed by atoms with Crippen LogP contribution in [0.25, 0.3) is 0 Å². The molecule has 0 aromatic heterocycles. The third-order valence-corrected chi connectivity index (χ3v) is 8.54. The molecule has 2 aliphatic heterocycles. The topological polar surface area (TPSA) is 84.0 Å². The van der Waals surface area contributed by atoms with E-state index in [9.17, 15) is 18.0 Å². The summed E-state index contributed by atoms with van der Waals surface area (Å²) in [6, 6.07) is 4.27. The largest absolute Gasteiger partial charge is 0.452 e. The molecule has 1 aromatic carbocycles. The molecular formula is C22H31ClN2O5S. The molecule has 0 aliphatic carbocycles. The highest BCUT2D eigenvalue weighted by molar-refractivity contribution is 7.89. The van der Waals surface area contributed by atoms with Gasteiger partial charge in [-0.2, -0.15) is 4.31 Å². The summed E-state index contributed by atoms with van der Waals surface area (Å²) >= 11 is 6.19. The molecule has 7 nitrogen and oxygen atoms in total. The highest BCUT2D eigenvalue weighted by Crippen LogP contribution is 2.28. The van der Waals surface area contributed by atoms with Crippen molar-refractivity contribution in [1.82, 2.24) is 9.21 Å². The van der Waals surface area contributed by atoms with Gasteiger partial charge >= 0.3 is 5.97 Å². The Labute approximate surface area is 189 Å². The second kappa shape index (κ2) is 10.3. The number of benzene rings is 1. The van der Waals surface area contributed by atoms with Crippen molar-refractivity contribution in [3.63, 3.8) is 0 Å². The molecule has 0 spiro atoms. The van der Waals surface area contributed by atoms with Gasteiger partial charge in [0.1, 0.15) is 4.90 Å². The first kappa shape index (κ1) is 24.0. The summed E-state index contributed by atoms with van der Waals surface area (Å²) in [5, 5.41) is 0.0628. The van der Waals surface area contributed by atoms with E-state index < -0.39 is 16.0 Å². The summed E-state index contributed by atoms with van der Waals surface area (Å²) in [5.41, 5.74) is 0.0605. The lowest BCUT2D eigenvalue weighted by atomic mass is 9.97. The molecule has 0 N–H and O–H groups in total. The molecule has 1 amide bonds. The van der Waals surface area contributed by atoms with Crippen LogP contribution in [0.15, 0.2) is 23.1 Å². The van der Waals surface area contributed by atoms with Crippen molar-refractivity contribution in [3.05, 3.63) is 28.8 Å². The smallest absolute Gasteiger partial charge is 0.338 e. The van der Waals surface area contributed by atoms with Crippen LogP contribution in [0.4, 0.5) is 0 Å². The molecule has 172 valence electrons. The number of hydrogen-bond acceptors (Lipinski definition) is 5. The molecular weight excluding hydrogens is 440 g/mol. The zero-order valence-corrected chi connectivity index (χ0v) is 19.8. The van der Waals surface area contributed by atoms with Crippen molar-refractivity contribution in [2.24, 2.45) is 0 Å². The van der Waals surface area contributed by atoms with Crippen LogP contribution < -0.4 is 0 Å². The van der Waals surface area contributed by atoms with Gasteiger partial charge in [0.05, 0.1) is 10.6 Å². The van der Waals surface area contributed by atoms with Crippen molar-refractivity contribution in [3.8, 4) is 0 Å². The highest BCUT2D eigenvalue weighted by atomic mass is 35.5. The number of amides is 1. The molecule has 2 fully saturated rings. The fourth-order valence-electron chi connectivity index (χ4n) is 4.45. The van der Waals surface area contributed by atoms with Gasteiger partial charge in [0, 0.05) is 25.2 Å². The number of nitrogens with zero attached hydrogens (tertiary/aromatic N) is 2. The van der Waals surface area contributed by atoms with E-state index in [0.717, 1.165) is 44.9 Å².